The average Bonchev–Trinajstić information content (AvgIpc) is 3.36. The van der Waals surface area contributed by atoms with Gasteiger partial charge in [0.1, 0.15) is 5.82 Å². The molecule has 1 heterocycles. The van der Waals surface area contributed by atoms with Gasteiger partial charge < -0.3 is 5.32 Å². The fourth-order valence-corrected chi connectivity index (χ4v) is 5.04. The summed E-state index contributed by atoms with van der Waals surface area (Å²) < 4.78 is 28.0. The predicted octanol–water partition coefficient (Wildman–Crippen LogP) is 5.14. The summed E-state index contributed by atoms with van der Waals surface area (Å²) in [5.74, 6) is -1.80. The van der Waals surface area contributed by atoms with Crippen LogP contribution in [-0.2, 0) is 17.3 Å². The normalized spacial score (nSPS) is 22.6. The molecule has 3 aliphatic rings. The summed E-state index contributed by atoms with van der Waals surface area (Å²) in [6.07, 6.45) is 5.36. The zero-order valence-electron chi connectivity index (χ0n) is 16.8. The van der Waals surface area contributed by atoms with Crippen molar-refractivity contribution in [1.82, 2.24) is 9.78 Å². The number of alkyl halides is 2. The molecule has 0 atom stereocenters. The maximum absolute atomic E-state index is 13.1. The van der Waals surface area contributed by atoms with Gasteiger partial charge in [-0.05, 0) is 43.1 Å². The van der Waals surface area contributed by atoms with Crippen molar-refractivity contribution in [2.75, 3.05) is 5.32 Å². The van der Waals surface area contributed by atoms with Gasteiger partial charge in [0.2, 0.25) is 11.8 Å². The van der Waals surface area contributed by atoms with E-state index in [0.29, 0.717) is 5.92 Å². The second-order valence-electron chi connectivity index (χ2n) is 9.19. The number of benzene rings is 1. The molecule has 0 aliphatic heterocycles. The highest BCUT2D eigenvalue weighted by Crippen LogP contribution is 2.57. The highest BCUT2D eigenvalue weighted by Gasteiger charge is 2.51. The molecule has 1 aromatic heterocycles. The molecule has 0 bridgehead atoms. The molecule has 1 aromatic carbocycles. The van der Waals surface area contributed by atoms with Gasteiger partial charge >= 0.3 is 0 Å². The number of anilines is 1. The van der Waals surface area contributed by atoms with Crippen LogP contribution in [0.5, 0.6) is 0 Å². The van der Waals surface area contributed by atoms with Crippen LogP contribution in [0, 0.1) is 5.92 Å². The summed E-state index contributed by atoms with van der Waals surface area (Å²) in [6.45, 7) is 0. The number of carbonyl (C=O) groups excluding carboxylic acids is 1. The Morgan fingerprint density at radius 3 is 2.45 bits per heavy atom. The van der Waals surface area contributed by atoms with Crippen LogP contribution in [0.15, 0.2) is 30.3 Å². The van der Waals surface area contributed by atoms with E-state index in [0.717, 1.165) is 37.2 Å². The first-order valence-electron chi connectivity index (χ1n) is 10.7. The minimum Gasteiger partial charge on any atom is -0.311 e. The van der Waals surface area contributed by atoms with Crippen molar-refractivity contribution >= 4 is 11.7 Å². The molecule has 0 saturated heterocycles. The van der Waals surface area contributed by atoms with Crippen LogP contribution < -0.4 is 5.32 Å². The number of hydrogen-bond acceptors (Lipinski definition) is 2. The molecule has 154 valence electrons. The second kappa shape index (κ2) is 6.64. The molecule has 3 fully saturated rings. The van der Waals surface area contributed by atoms with Crippen LogP contribution in [0.4, 0.5) is 14.6 Å². The molecular weight excluding hydrogens is 372 g/mol. The molecular formula is C23H27F2N3O. The standard InChI is InChI=1S/C23H27F2N3O/c1-28-21(26-18(29)12-15-13-23(24,25)14-15)19(16-6-5-7-16)20(27-28)22(10-11-22)17-8-3-2-4-9-17/h2-4,8-9,15-16H,5-7,10-14H2,1H3,(H,26,29). The van der Waals surface area contributed by atoms with E-state index in [1.807, 2.05) is 13.1 Å². The molecule has 0 unspecified atom stereocenters. The van der Waals surface area contributed by atoms with E-state index in [9.17, 15) is 13.6 Å². The minimum absolute atomic E-state index is 0.0526. The lowest BCUT2D eigenvalue weighted by atomic mass is 9.76. The zero-order chi connectivity index (χ0) is 20.2. The van der Waals surface area contributed by atoms with Gasteiger partial charge in [0, 0.05) is 37.3 Å². The SMILES string of the molecule is Cn1nc(C2(c3ccccc3)CC2)c(C2CCC2)c1NC(=O)CC1CC(F)(F)C1. The first-order chi connectivity index (χ1) is 13.9. The van der Waals surface area contributed by atoms with Crippen molar-refractivity contribution in [3.8, 4) is 0 Å². The van der Waals surface area contributed by atoms with Crippen LogP contribution in [-0.4, -0.2) is 21.6 Å². The Labute approximate surface area is 169 Å². The van der Waals surface area contributed by atoms with Gasteiger partial charge in [0.25, 0.3) is 0 Å². The summed E-state index contributed by atoms with van der Waals surface area (Å²) in [7, 11) is 1.87. The number of amides is 1. The maximum atomic E-state index is 13.1. The van der Waals surface area contributed by atoms with E-state index in [1.54, 1.807) is 4.68 Å². The van der Waals surface area contributed by atoms with E-state index >= 15 is 0 Å². The van der Waals surface area contributed by atoms with Crippen LogP contribution in [0.3, 0.4) is 0 Å². The molecule has 2 aromatic rings. The van der Waals surface area contributed by atoms with E-state index < -0.39 is 5.92 Å². The monoisotopic (exact) mass is 399 g/mol. The Bertz CT molecular complexity index is 921. The summed E-state index contributed by atoms with van der Waals surface area (Å²) in [5.41, 5.74) is 3.50. The highest BCUT2D eigenvalue weighted by atomic mass is 19.3. The number of aromatic nitrogens is 2. The van der Waals surface area contributed by atoms with Crippen molar-refractivity contribution in [3.63, 3.8) is 0 Å². The Morgan fingerprint density at radius 1 is 1.21 bits per heavy atom. The molecule has 6 heteroatoms. The van der Waals surface area contributed by atoms with Crippen molar-refractivity contribution in [2.24, 2.45) is 13.0 Å². The van der Waals surface area contributed by atoms with Gasteiger partial charge in [-0.3, -0.25) is 9.48 Å². The predicted molar refractivity (Wildman–Crippen MR) is 107 cm³/mol. The Morgan fingerprint density at radius 2 is 1.90 bits per heavy atom. The minimum atomic E-state index is -2.59. The molecule has 3 aliphatic carbocycles. The number of halogens is 2. The summed E-state index contributed by atoms with van der Waals surface area (Å²) in [6, 6.07) is 10.5. The van der Waals surface area contributed by atoms with Gasteiger partial charge in [-0.1, -0.05) is 36.8 Å². The van der Waals surface area contributed by atoms with Crippen LogP contribution in [0.2, 0.25) is 0 Å². The smallest absolute Gasteiger partial charge is 0.248 e. The molecule has 4 nitrogen and oxygen atoms in total. The fourth-order valence-electron chi connectivity index (χ4n) is 5.04. The molecule has 5 rings (SSSR count). The van der Waals surface area contributed by atoms with Crippen LogP contribution in [0.1, 0.15) is 74.1 Å². The number of carbonyl (C=O) groups is 1. The molecule has 0 spiro atoms. The van der Waals surface area contributed by atoms with Crippen molar-refractivity contribution in [1.29, 1.82) is 0 Å². The van der Waals surface area contributed by atoms with Crippen molar-refractivity contribution in [3.05, 3.63) is 47.2 Å². The number of nitrogens with one attached hydrogen (secondary N) is 1. The summed E-state index contributed by atoms with van der Waals surface area (Å²) >= 11 is 0. The van der Waals surface area contributed by atoms with Gasteiger partial charge in [-0.2, -0.15) is 5.10 Å². The van der Waals surface area contributed by atoms with E-state index in [2.05, 4.69) is 29.6 Å². The van der Waals surface area contributed by atoms with Gasteiger partial charge in [0.15, 0.2) is 0 Å². The molecule has 1 N–H and O–H groups in total. The summed E-state index contributed by atoms with van der Waals surface area (Å²) in [4.78, 5) is 12.6. The lowest BCUT2D eigenvalue weighted by Crippen LogP contribution is -2.37. The zero-order valence-corrected chi connectivity index (χ0v) is 16.8. The van der Waals surface area contributed by atoms with Crippen molar-refractivity contribution < 1.29 is 13.6 Å². The Hall–Kier alpha value is -2.24. The van der Waals surface area contributed by atoms with Crippen LogP contribution >= 0.6 is 0 Å². The summed E-state index contributed by atoms with van der Waals surface area (Å²) in [5, 5.41) is 7.94. The van der Waals surface area contributed by atoms with E-state index in [-0.39, 0.29) is 36.5 Å². The number of nitrogens with zero attached hydrogens (tertiary/aromatic N) is 2. The largest absolute Gasteiger partial charge is 0.311 e. The van der Waals surface area contributed by atoms with Crippen LogP contribution in [0.25, 0.3) is 0 Å². The Balaban J connectivity index is 1.43. The van der Waals surface area contributed by atoms with E-state index in [1.165, 1.54) is 17.5 Å². The van der Waals surface area contributed by atoms with Gasteiger partial charge in [-0.25, -0.2) is 8.78 Å². The first-order valence-corrected chi connectivity index (χ1v) is 10.7. The fraction of sp³-hybridized carbons (Fsp3) is 0.565. The quantitative estimate of drug-likeness (QED) is 0.731. The topological polar surface area (TPSA) is 46.9 Å². The van der Waals surface area contributed by atoms with Gasteiger partial charge in [-0.15, -0.1) is 0 Å². The molecule has 1 amide bonds. The third kappa shape index (κ3) is 3.26. The third-order valence-corrected chi connectivity index (χ3v) is 7.03. The number of aryl methyl sites for hydroxylation is 1. The highest BCUT2D eigenvalue weighted by molar-refractivity contribution is 5.91. The van der Waals surface area contributed by atoms with Gasteiger partial charge in [0.05, 0.1) is 5.69 Å². The Kier molecular flexibility index (Phi) is 4.30. The molecule has 3 saturated carbocycles. The van der Waals surface area contributed by atoms with E-state index in [4.69, 9.17) is 5.10 Å². The number of rotatable bonds is 6. The first kappa shape index (κ1) is 18.8. The molecule has 0 radical (unpaired) electrons. The lowest BCUT2D eigenvalue weighted by molar-refractivity contribution is -0.129. The average molecular weight is 399 g/mol. The second-order valence-corrected chi connectivity index (χ2v) is 9.19. The third-order valence-electron chi connectivity index (χ3n) is 7.03. The molecule has 29 heavy (non-hydrogen) atoms. The van der Waals surface area contributed by atoms with Crippen molar-refractivity contribution in [2.45, 2.75) is 68.6 Å². The maximum Gasteiger partial charge on any atom is 0.248 e. The lowest BCUT2D eigenvalue weighted by Gasteiger charge is -2.34. The number of hydrogen-bond donors (Lipinski definition) is 1.